The van der Waals surface area contributed by atoms with Crippen LogP contribution in [0.5, 0.6) is 0 Å². The Bertz CT molecular complexity index is 4400. The van der Waals surface area contributed by atoms with Crippen LogP contribution in [-0.2, 0) is 0 Å². The first kappa shape index (κ1) is 40.5. The third-order valence-corrected chi connectivity index (χ3v) is 14.2. The van der Waals surface area contributed by atoms with Crippen LogP contribution in [-0.4, -0.2) is 19.5 Å². The lowest BCUT2D eigenvalue weighted by atomic mass is 9.90. The molecule has 0 unspecified atom stereocenters. The number of benzene rings is 12. The first-order chi connectivity index (χ1) is 35.2. The quantitative estimate of drug-likeness (QED) is 0.160. The summed E-state index contributed by atoms with van der Waals surface area (Å²) in [6, 6.07) is 91.6. The maximum absolute atomic E-state index is 5.57. The van der Waals surface area contributed by atoms with E-state index in [0.717, 1.165) is 88.0 Å². The van der Waals surface area contributed by atoms with E-state index in [4.69, 9.17) is 15.0 Å². The predicted molar refractivity (Wildman–Crippen MR) is 297 cm³/mol. The first-order valence-electron chi connectivity index (χ1n) is 24.2. The second-order valence-corrected chi connectivity index (χ2v) is 18.4. The predicted octanol–water partition coefficient (Wildman–Crippen LogP) is 17.6. The molecule has 0 fully saturated rings. The fourth-order valence-electron chi connectivity index (χ4n) is 10.8. The van der Waals surface area contributed by atoms with Gasteiger partial charge in [0.15, 0.2) is 17.5 Å². The summed E-state index contributed by atoms with van der Waals surface area (Å²) in [5.41, 5.74) is 12.9. The molecule has 0 N–H and O–H groups in total. The smallest absolute Gasteiger partial charge is 0.165 e. The summed E-state index contributed by atoms with van der Waals surface area (Å²) >= 11 is 0. The summed E-state index contributed by atoms with van der Waals surface area (Å²) in [4.78, 5) is 16.5. The minimum Gasteiger partial charge on any atom is -0.309 e. The van der Waals surface area contributed by atoms with Gasteiger partial charge in [-0.15, -0.1) is 0 Å². The van der Waals surface area contributed by atoms with Crippen LogP contribution in [0.3, 0.4) is 0 Å². The number of rotatable bonds is 7. The number of fused-ring (bicyclic) bond motifs is 7. The SMILES string of the molecule is c1ccc(-c2cccc(-c3ccc4c(-c5nc(-c6ccc7ccccc7c6)nc(-c6cccc7ccccc67)n5)c(-c5ccccc5)cc(-n5c6ccccc6c6cc7ccccc7cc65)c4c3)c2)cc1. The Kier molecular flexibility index (Phi) is 9.49. The van der Waals surface area contributed by atoms with E-state index >= 15 is 0 Å². The molecule has 2 aromatic heterocycles. The lowest BCUT2D eigenvalue weighted by Crippen LogP contribution is -2.04. The lowest BCUT2D eigenvalue weighted by Gasteiger charge is -2.20. The van der Waals surface area contributed by atoms with E-state index in [2.05, 4.69) is 259 Å². The van der Waals surface area contributed by atoms with Gasteiger partial charge in [0.25, 0.3) is 0 Å². The standard InChI is InChI=1S/C67H42N4/c1-3-17-43(18-4-1)48-27-15-28-49(37-48)52-35-36-56-60(40-52)63(71-61-32-14-13-30-55(61)59-39-50-24-9-10-25-51(50)41-62(59)71)42-58(46-20-5-2-6-21-46)64(56)67-69-65(53-34-33-44-19-7-8-23-47(44)38-53)68-66(70-67)57-31-16-26-45-22-11-12-29-54(45)57/h1-42H. The molecule has 0 saturated heterocycles. The Labute approximate surface area is 410 Å². The summed E-state index contributed by atoms with van der Waals surface area (Å²) in [5, 5.41) is 11.4. The van der Waals surface area contributed by atoms with Crippen LogP contribution in [0.25, 0.3) is 138 Å². The van der Waals surface area contributed by atoms with Crippen molar-refractivity contribution in [3.05, 3.63) is 255 Å². The molecule has 0 aliphatic carbocycles. The summed E-state index contributed by atoms with van der Waals surface area (Å²) in [6.07, 6.45) is 0. The van der Waals surface area contributed by atoms with Gasteiger partial charge in [0.05, 0.1) is 16.7 Å². The Morgan fingerprint density at radius 2 is 0.803 bits per heavy atom. The van der Waals surface area contributed by atoms with E-state index < -0.39 is 0 Å². The molecule has 0 saturated carbocycles. The molecule has 0 aliphatic rings. The van der Waals surface area contributed by atoms with Gasteiger partial charge in [0, 0.05) is 32.8 Å². The molecule has 14 aromatic rings. The fourth-order valence-corrected chi connectivity index (χ4v) is 10.8. The van der Waals surface area contributed by atoms with Crippen LogP contribution >= 0.6 is 0 Å². The highest BCUT2D eigenvalue weighted by Crippen LogP contribution is 2.45. The Morgan fingerprint density at radius 3 is 1.61 bits per heavy atom. The van der Waals surface area contributed by atoms with E-state index in [1.165, 1.54) is 32.7 Å². The molecule has 4 nitrogen and oxygen atoms in total. The maximum atomic E-state index is 5.57. The number of hydrogen-bond acceptors (Lipinski definition) is 3. The van der Waals surface area contributed by atoms with Crippen molar-refractivity contribution in [2.75, 3.05) is 0 Å². The van der Waals surface area contributed by atoms with Crippen LogP contribution in [0.15, 0.2) is 255 Å². The molecule has 330 valence electrons. The van der Waals surface area contributed by atoms with Gasteiger partial charge in [0.2, 0.25) is 0 Å². The van der Waals surface area contributed by atoms with E-state index in [9.17, 15) is 0 Å². The van der Waals surface area contributed by atoms with Gasteiger partial charge in [-0.05, 0) is 114 Å². The molecule has 4 heteroatoms. The summed E-state index contributed by atoms with van der Waals surface area (Å²) < 4.78 is 2.48. The normalized spacial score (nSPS) is 11.7. The van der Waals surface area contributed by atoms with Crippen molar-refractivity contribution in [1.82, 2.24) is 19.5 Å². The topological polar surface area (TPSA) is 43.6 Å². The van der Waals surface area contributed by atoms with Crippen molar-refractivity contribution in [1.29, 1.82) is 0 Å². The lowest BCUT2D eigenvalue weighted by molar-refractivity contribution is 1.08. The van der Waals surface area contributed by atoms with Gasteiger partial charge in [0.1, 0.15) is 0 Å². The van der Waals surface area contributed by atoms with Crippen molar-refractivity contribution < 1.29 is 0 Å². The monoisotopic (exact) mass is 902 g/mol. The molecule has 12 aromatic carbocycles. The second-order valence-electron chi connectivity index (χ2n) is 18.4. The molecule has 0 aliphatic heterocycles. The molecular weight excluding hydrogens is 861 g/mol. The average Bonchev–Trinajstić information content (AvgIpc) is 3.76. The molecule has 0 spiro atoms. The number of hydrogen-bond donors (Lipinski definition) is 0. The van der Waals surface area contributed by atoms with Crippen molar-refractivity contribution in [3.63, 3.8) is 0 Å². The Morgan fingerprint density at radius 1 is 0.239 bits per heavy atom. The van der Waals surface area contributed by atoms with E-state index in [-0.39, 0.29) is 0 Å². The van der Waals surface area contributed by atoms with Crippen LogP contribution < -0.4 is 0 Å². The van der Waals surface area contributed by atoms with Gasteiger partial charge in [-0.3, -0.25) is 0 Å². The zero-order valence-corrected chi connectivity index (χ0v) is 38.5. The number of aromatic nitrogens is 4. The summed E-state index contributed by atoms with van der Waals surface area (Å²) in [5.74, 6) is 1.84. The van der Waals surface area contributed by atoms with Gasteiger partial charge >= 0.3 is 0 Å². The van der Waals surface area contributed by atoms with Crippen molar-refractivity contribution >= 4 is 64.9 Å². The molecule has 14 rings (SSSR count). The van der Waals surface area contributed by atoms with Crippen LogP contribution in [0.1, 0.15) is 0 Å². The highest BCUT2D eigenvalue weighted by molar-refractivity contribution is 6.16. The molecule has 0 atom stereocenters. The average molecular weight is 903 g/mol. The molecule has 2 heterocycles. The third-order valence-electron chi connectivity index (χ3n) is 14.2. The van der Waals surface area contributed by atoms with Crippen molar-refractivity contribution in [3.8, 4) is 73.2 Å². The summed E-state index contributed by atoms with van der Waals surface area (Å²) in [6.45, 7) is 0. The minimum absolute atomic E-state index is 0.605. The van der Waals surface area contributed by atoms with Crippen LogP contribution in [0.4, 0.5) is 0 Å². The van der Waals surface area contributed by atoms with E-state index in [1.54, 1.807) is 0 Å². The first-order valence-corrected chi connectivity index (χ1v) is 24.2. The van der Waals surface area contributed by atoms with Crippen molar-refractivity contribution in [2.24, 2.45) is 0 Å². The molecular formula is C67H42N4. The third kappa shape index (κ3) is 6.96. The molecule has 0 radical (unpaired) electrons. The van der Waals surface area contributed by atoms with Gasteiger partial charge in [-0.25, -0.2) is 15.0 Å². The van der Waals surface area contributed by atoms with E-state index in [0.29, 0.717) is 17.5 Å². The molecule has 0 amide bonds. The fraction of sp³-hybridized carbons (Fsp3) is 0. The van der Waals surface area contributed by atoms with Gasteiger partial charge in [-0.2, -0.15) is 0 Å². The molecule has 71 heavy (non-hydrogen) atoms. The highest BCUT2D eigenvalue weighted by Gasteiger charge is 2.24. The number of nitrogens with zero attached hydrogens (tertiary/aromatic N) is 4. The largest absolute Gasteiger partial charge is 0.309 e. The maximum Gasteiger partial charge on any atom is 0.165 e. The molecule has 0 bridgehead atoms. The zero-order valence-electron chi connectivity index (χ0n) is 38.5. The van der Waals surface area contributed by atoms with Crippen LogP contribution in [0.2, 0.25) is 0 Å². The van der Waals surface area contributed by atoms with E-state index in [1.807, 2.05) is 0 Å². The highest BCUT2D eigenvalue weighted by atomic mass is 15.0. The number of para-hydroxylation sites is 1. The van der Waals surface area contributed by atoms with Gasteiger partial charge < -0.3 is 4.57 Å². The minimum atomic E-state index is 0.605. The Balaban J connectivity index is 1.11. The van der Waals surface area contributed by atoms with Gasteiger partial charge in [-0.1, -0.05) is 212 Å². The summed E-state index contributed by atoms with van der Waals surface area (Å²) in [7, 11) is 0. The second kappa shape index (κ2) is 16.6. The Hall–Kier alpha value is -9.51. The van der Waals surface area contributed by atoms with Crippen molar-refractivity contribution in [2.45, 2.75) is 0 Å². The van der Waals surface area contributed by atoms with Crippen LogP contribution in [0, 0.1) is 0 Å². The zero-order chi connectivity index (χ0) is 46.8.